The van der Waals surface area contributed by atoms with Gasteiger partial charge < -0.3 is 10.2 Å². The number of amides is 1. The number of hydrogen-bond acceptors (Lipinski definition) is 4. The summed E-state index contributed by atoms with van der Waals surface area (Å²) in [5.74, 6) is 1.59. The SMILES string of the molecule is CNCCN1C(=O)CC[C@H]2CN(Cc3cc(CC(C)C)n[nH]3)CC[C@H]21.Cl.Cl. The predicted molar refractivity (Wildman–Crippen MR) is 114 cm³/mol. The molecule has 0 saturated carbocycles. The maximum Gasteiger partial charge on any atom is 0.222 e. The summed E-state index contributed by atoms with van der Waals surface area (Å²) in [6, 6.07) is 2.65. The van der Waals surface area contributed by atoms with Crippen molar-refractivity contribution in [2.45, 2.75) is 52.1 Å². The number of likely N-dealkylation sites (N-methyl/N-ethyl adjacent to an activating group) is 1. The van der Waals surface area contributed by atoms with Crippen molar-refractivity contribution in [3.05, 3.63) is 17.5 Å². The molecule has 2 N–H and O–H groups in total. The van der Waals surface area contributed by atoms with Gasteiger partial charge in [0.1, 0.15) is 0 Å². The van der Waals surface area contributed by atoms with Crippen molar-refractivity contribution in [2.75, 3.05) is 33.2 Å². The highest BCUT2D eigenvalue weighted by molar-refractivity contribution is 5.85. The van der Waals surface area contributed by atoms with Crippen LogP contribution in [0.4, 0.5) is 0 Å². The highest BCUT2D eigenvalue weighted by Gasteiger charge is 2.38. The Morgan fingerprint density at radius 2 is 2.11 bits per heavy atom. The Bertz CT molecular complexity index is 580. The van der Waals surface area contributed by atoms with Gasteiger partial charge in [-0.3, -0.25) is 14.8 Å². The van der Waals surface area contributed by atoms with E-state index >= 15 is 0 Å². The Morgan fingerprint density at radius 3 is 2.81 bits per heavy atom. The molecule has 3 heterocycles. The van der Waals surface area contributed by atoms with Crippen LogP contribution in [0.15, 0.2) is 6.07 Å². The fraction of sp³-hybridized carbons (Fsp3) is 0.789. The zero-order chi connectivity index (χ0) is 17.8. The number of aromatic amines is 1. The maximum atomic E-state index is 12.3. The molecule has 3 rings (SSSR count). The van der Waals surface area contributed by atoms with Crippen LogP contribution in [0, 0.1) is 11.8 Å². The van der Waals surface area contributed by atoms with Gasteiger partial charge in [0.15, 0.2) is 0 Å². The number of hydrogen-bond donors (Lipinski definition) is 2. The molecule has 0 unspecified atom stereocenters. The van der Waals surface area contributed by atoms with E-state index in [1.807, 2.05) is 7.05 Å². The molecule has 2 saturated heterocycles. The van der Waals surface area contributed by atoms with E-state index < -0.39 is 0 Å². The molecule has 0 spiro atoms. The van der Waals surface area contributed by atoms with E-state index in [2.05, 4.69) is 45.2 Å². The lowest BCUT2D eigenvalue weighted by Crippen LogP contribution is -2.56. The number of nitrogens with zero attached hydrogens (tertiary/aromatic N) is 3. The first kappa shape index (κ1) is 24.2. The average Bonchev–Trinajstić information content (AvgIpc) is 3.00. The van der Waals surface area contributed by atoms with E-state index in [1.165, 1.54) is 11.4 Å². The van der Waals surface area contributed by atoms with Gasteiger partial charge in [0.2, 0.25) is 5.91 Å². The third kappa shape index (κ3) is 6.34. The summed E-state index contributed by atoms with van der Waals surface area (Å²) in [4.78, 5) is 17.0. The molecule has 2 aliphatic heterocycles. The highest BCUT2D eigenvalue weighted by Crippen LogP contribution is 2.31. The summed E-state index contributed by atoms with van der Waals surface area (Å²) in [7, 11) is 1.95. The van der Waals surface area contributed by atoms with Crippen molar-refractivity contribution in [3.63, 3.8) is 0 Å². The fourth-order valence-electron chi connectivity index (χ4n) is 4.35. The van der Waals surface area contributed by atoms with Crippen LogP contribution < -0.4 is 5.32 Å². The van der Waals surface area contributed by atoms with Crippen molar-refractivity contribution >= 4 is 30.7 Å². The van der Waals surface area contributed by atoms with E-state index in [1.54, 1.807) is 0 Å². The smallest absolute Gasteiger partial charge is 0.222 e. The largest absolute Gasteiger partial charge is 0.338 e. The lowest BCUT2D eigenvalue weighted by Gasteiger charge is -2.47. The Balaban J connectivity index is 0.00000182. The molecule has 0 aliphatic carbocycles. The zero-order valence-corrected chi connectivity index (χ0v) is 18.4. The van der Waals surface area contributed by atoms with Gasteiger partial charge in [0.05, 0.1) is 5.69 Å². The Hall–Kier alpha value is -0.820. The monoisotopic (exact) mass is 419 g/mol. The van der Waals surface area contributed by atoms with E-state index in [4.69, 9.17) is 0 Å². The lowest BCUT2D eigenvalue weighted by molar-refractivity contribution is -0.141. The first-order valence-electron chi connectivity index (χ1n) is 9.76. The van der Waals surface area contributed by atoms with Crippen LogP contribution >= 0.6 is 24.8 Å². The average molecular weight is 420 g/mol. The summed E-state index contributed by atoms with van der Waals surface area (Å²) in [6.45, 7) is 9.27. The van der Waals surface area contributed by atoms with E-state index in [0.717, 1.165) is 52.0 Å². The van der Waals surface area contributed by atoms with Crippen LogP contribution in [0.1, 0.15) is 44.5 Å². The molecule has 2 fully saturated rings. The number of nitrogens with one attached hydrogen (secondary N) is 2. The molecule has 8 heteroatoms. The summed E-state index contributed by atoms with van der Waals surface area (Å²) < 4.78 is 0. The van der Waals surface area contributed by atoms with Crippen molar-refractivity contribution in [3.8, 4) is 0 Å². The van der Waals surface area contributed by atoms with Crippen LogP contribution in [-0.4, -0.2) is 65.2 Å². The van der Waals surface area contributed by atoms with Gasteiger partial charge in [0, 0.05) is 50.9 Å². The van der Waals surface area contributed by atoms with Crippen molar-refractivity contribution in [1.29, 1.82) is 0 Å². The number of fused-ring (bicyclic) bond motifs is 1. The number of rotatable bonds is 7. The molecule has 1 amide bonds. The number of carbonyl (C=O) groups is 1. The topological polar surface area (TPSA) is 64.3 Å². The minimum atomic E-state index is 0. The molecule has 1 aromatic rings. The molecular formula is C19H35Cl2N5O. The van der Waals surface area contributed by atoms with Crippen LogP contribution in [0.5, 0.6) is 0 Å². The number of halogens is 2. The van der Waals surface area contributed by atoms with Crippen molar-refractivity contribution in [2.24, 2.45) is 11.8 Å². The standard InChI is InChI=1S/C19H33N5O.2ClH/c1-14(2)10-16-11-17(22-21-16)13-23-8-6-18-15(12-23)4-5-19(25)24(18)9-7-20-3;;/h11,14-15,18,20H,4-10,12-13H2,1-3H3,(H,21,22);2*1H/t15-,18+;;/m0../s1. The maximum absolute atomic E-state index is 12.3. The van der Waals surface area contributed by atoms with Crippen LogP contribution in [-0.2, 0) is 17.8 Å². The Morgan fingerprint density at radius 1 is 1.33 bits per heavy atom. The second-order valence-corrected chi connectivity index (χ2v) is 8.06. The number of H-pyrrole nitrogens is 1. The highest BCUT2D eigenvalue weighted by atomic mass is 35.5. The predicted octanol–water partition coefficient (Wildman–Crippen LogP) is 2.48. The Labute approximate surface area is 175 Å². The molecule has 2 atom stereocenters. The zero-order valence-electron chi connectivity index (χ0n) is 16.7. The quantitative estimate of drug-likeness (QED) is 0.712. The normalized spacial score (nSPS) is 23.0. The van der Waals surface area contributed by atoms with Crippen LogP contribution in [0.2, 0.25) is 0 Å². The molecular weight excluding hydrogens is 385 g/mol. The lowest BCUT2D eigenvalue weighted by atomic mass is 9.83. The van der Waals surface area contributed by atoms with E-state index in [-0.39, 0.29) is 24.8 Å². The third-order valence-corrected chi connectivity index (χ3v) is 5.53. The minimum Gasteiger partial charge on any atom is -0.338 e. The van der Waals surface area contributed by atoms with Crippen molar-refractivity contribution in [1.82, 2.24) is 25.3 Å². The van der Waals surface area contributed by atoms with Gasteiger partial charge in [-0.1, -0.05) is 13.8 Å². The summed E-state index contributed by atoms with van der Waals surface area (Å²) in [5.41, 5.74) is 2.38. The molecule has 27 heavy (non-hydrogen) atoms. The van der Waals surface area contributed by atoms with Gasteiger partial charge in [-0.15, -0.1) is 24.8 Å². The van der Waals surface area contributed by atoms with E-state index in [9.17, 15) is 4.79 Å². The first-order valence-corrected chi connectivity index (χ1v) is 9.76. The van der Waals surface area contributed by atoms with E-state index in [0.29, 0.717) is 30.2 Å². The van der Waals surface area contributed by atoms with Gasteiger partial charge in [-0.05, 0) is 44.2 Å². The van der Waals surface area contributed by atoms with Gasteiger partial charge in [-0.25, -0.2) is 0 Å². The molecule has 6 nitrogen and oxygen atoms in total. The molecule has 0 radical (unpaired) electrons. The summed E-state index contributed by atoms with van der Waals surface area (Å²) in [5, 5.41) is 10.8. The van der Waals surface area contributed by atoms with Gasteiger partial charge >= 0.3 is 0 Å². The molecule has 0 bridgehead atoms. The number of likely N-dealkylation sites (tertiary alicyclic amines) is 2. The van der Waals surface area contributed by atoms with Crippen molar-refractivity contribution < 1.29 is 4.79 Å². The van der Waals surface area contributed by atoms with Gasteiger partial charge in [0.25, 0.3) is 0 Å². The van der Waals surface area contributed by atoms with Gasteiger partial charge in [-0.2, -0.15) is 5.10 Å². The number of aromatic nitrogens is 2. The number of carbonyl (C=O) groups excluding carboxylic acids is 1. The third-order valence-electron chi connectivity index (χ3n) is 5.53. The summed E-state index contributed by atoms with van der Waals surface area (Å²) in [6.07, 6.45) is 3.87. The molecule has 2 aliphatic rings. The van der Waals surface area contributed by atoms with Crippen LogP contribution in [0.25, 0.3) is 0 Å². The second-order valence-electron chi connectivity index (χ2n) is 8.06. The van der Waals surface area contributed by atoms with Crippen LogP contribution in [0.3, 0.4) is 0 Å². The molecule has 1 aromatic heterocycles. The number of piperidine rings is 2. The minimum absolute atomic E-state index is 0. The first-order chi connectivity index (χ1) is 12.1. The molecule has 0 aromatic carbocycles. The Kier molecular flexibility index (Phi) is 10.1. The second kappa shape index (κ2) is 11.2. The molecule has 156 valence electrons. The summed E-state index contributed by atoms with van der Waals surface area (Å²) >= 11 is 0. The fourth-order valence-corrected chi connectivity index (χ4v) is 4.35.